The smallest absolute Gasteiger partial charge is 0.410 e. The molecule has 1 amide bonds. The maximum atomic E-state index is 12.6. The van der Waals surface area contributed by atoms with Crippen molar-refractivity contribution in [3.05, 3.63) is 59.7 Å². The molecule has 6 heteroatoms. The third-order valence-electron chi connectivity index (χ3n) is 5.45. The summed E-state index contributed by atoms with van der Waals surface area (Å²) in [6.07, 6.45) is 1.85. The number of ether oxygens (including phenoxy) is 1. The average molecular weight is 383 g/mol. The molecule has 2 atom stereocenters. The van der Waals surface area contributed by atoms with Crippen molar-refractivity contribution in [2.45, 2.75) is 23.6 Å². The van der Waals surface area contributed by atoms with Crippen molar-refractivity contribution in [2.75, 3.05) is 19.4 Å². The van der Waals surface area contributed by atoms with Crippen molar-refractivity contribution in [2.24, 2.45) is 0 Å². The number of carbonyl (C=O) groups is 2. The second-order valence-corrected chi connectivity index (χ2v) is 8.04. The first-order valence-corrected chi connectivity index (χ1v) is 10.3. The quantitative estimate of drug-likeness (QED) is 0.869. The highest BCUT2D eigenvalue weighted by Crippen LogP contribution is 2.44. The Morgan fingerprint density at radius 2 is 1.70 bits per heavy atom. The van der Waals surface area contributed by atoms with E-state index in [4.69, 9.17) is 4.74 Å². The number of likely N-dealkylation sites (tertiary alicyclic amines) is 1. The number of hydrogen-bond donors (Lipinski definition) is 1. The number of aliphatic carboxylic acids is 1. The van der Waals surface area contributed by atoms with Gasteiger partial charge in [0.15, 0.2) is 0 Å². The summed E-state index contributed by atoms with van der Waals surface area (Å²) < 4.78 is 5.61. The van der Waals surface area contributed by atoms with Crippen LogP contribution in [0.5, 0.6) is 0 Å². The molecular weight excluding hydrogens is 362 g/mol. The number of carboxylic acids is 1. The molecule has 2 aromatic rings. The van der Waals surface area contributed by atoms with Gasteiger partial charge in [-0.05, 0) is 34.9 Å². The normalized spacial score (nSPS) is 21.0. The summed E-state index contributed by atoms with van der Waals surface area (Å²) in [7, 11) is 0. The number of carbonyl (C=O) groups excluding carboxylic acids is 1. The minimum Gasteiger partial charge on any atom is -0.480 e. The van der Waals surface area contributed by atoms with Gasteiger partial charge in [0.1, 0.15) is 12.6 Å². The molecule has 1 fully saturated rings. The van der Waals surface area contributed by atoms with Crippen LogP contribution in [0.15, 0.2) is 48.5 Å². The Morgan fingerprint density at radius 1 is 1.11 bits per heavy atom. The van der Waals surface area contributed by atoms with Crippen molar-refractivity contribution in [1.29, 1.82) is 0 Å². The first kappa shape index (κ1) is 17.9. The molecular formula is C21H21NO4S. The summed E-state index contributed by atoms with van der Waals surface area (Å²) >= 11 is 1.59. The van der Waals surface area contributed by atoms with Crippen molar-refractivity contribution in [3.63, 3.8) is 0 Å². The SMILES string of the molecule is CSC1C[C@@H](C(=O)O)N(C(=O)OCC2c3ccccc3-c3ccccc32)C1. The molecule has 0 saturated carbocycles. The lowest BCUT2D eigenvalue weighted by atomic mass is 9.98. The summed E-state index contributed by atoms with van der Waals surface area (Å²) in [5.41, 5.74) is 4.62. The van der Waals surface area contributed by atoms with Gasteiger partial charge >= 0.3 is 12.1 Å². The molecule has 1 N–H and O–H groups in total. The number of thioether (sulfide) groups is 1. The van der Waals surface area contributed by atoms with E-state index in [2.05, 4.69) is 24.3 Å². The van der Waals surface area contributed by atoms with Gasteiger partial charge in [0.25, 0.3) is 0 Å². The molecule has 1 aliphatic heterocycles. The van der Waals surface area contributed by atoms with Crippen LogP contribution in [0.4, 0.5) is 4.79 Å². The molecule has 1 aliphatic carbocycles. The lowest BCUT2D eigenvalue weighted by Crippen LogP contribution is -2.41. The Balaban J connectivity index is 1.52. The topological polar surface area (TPSA) is 66.8 Å². The van der Waals surface area contributed by atoms with Gasteiger partial charge in [0.2, 0.25) is 0 Å². The van der Waals surface area contributed by atoms with E-state index in [1.807, 2.05) is 30.5 Å². The highest BCUT2D eigenvalue weighted by molar-refractivity contribution is 7.99. The fourth-order valence-electron chi connectivity index (χ4n) is 4.08. The molecule has 140 valence electrons. The van der Waals surface area contributed by atoms with E-state index in [-0.39, 0.29) is 17.8 Å². The number of nitrogens with zero attached hydrogens (tertiary/aromatic N) is 1. The van der Waals surface area contributed by atoms with Gasteiger partial charge in [-0.1, -0.05) is 48.5 Å². The van der Waals surface area contributed by atoms with Crippen LogP contribution in [-0.2, 0) is 9.53 Å². The Labute approximate surface area is 162 Å². The lowest BCUT2D eigenvalue weighted by molar-refractivity contribution is -0.141. The molecule has 2 aromatic carbocycles. The summed E-state index contributed by atoms with van der Waals surface area (Å²) in [6, 6.07) is 15.5. The average Bonchev–Trinajstić information content (AvgIpc) is 3.26. The highest BCUT2D eigenvalue weighted by atomic mass is 32.2. The van der Waals surface area contributed by atoms with Gasteiger partial charge in [0.05, 0.1) is 0 Å². The summed E-state index contributed by atoms with van der Waals surface area (Å²) in [4.78, 5) is 25.5. The van der Waals surface area contributed by atoms with Gasteiger partial charge < -0.3 is 9.84 Å². The minimum absolute atomic E-state index is 0.0245. The van der Waals surface area contributed by atoms with E-state index >= 15 is 0 Å². The van der Waals surface area contributed by atoms with Crippen LogP contribution in [0.3, 0.4) is 0 Å². The standard InChI is InChI=1S/C21H21NO4S/c1-27-13-10-19(20(23)24)22(11-13)21(25)26-12-18-16-8-4-2-6-14(16)15-7-3-5-9-17(15)18/h2-9,13,18-19H,10-12H2,1H3,(H,23,24)/t13?,19-/m0/s1. The number of benzene rings is 2. The van der Waals surface area contributed by atoms with Crippen LogP contribution in [0.1, 0.15) is 23.5 Å². The Hall–Kier alpha value is -2.47. The van der Waals surface area contributed by atoms with Gasteiger partial charge in [-0.3, -0.25) is 4.90 Å². The molecule has 27 heavy (non-hydrogen) atoms. The Bertz CT molecular complexity index is 838. The molecule has 1 unspecified atom stereocenters. The molecule has 1 heterocycles. The predicted molar refractivity (Wildman–Crippen MR) is 105 cm³/mol. The van der Waals surface area contributed by atoms with E-state index in [0.29, 0.717) is 13.0 Å². The fraction of sp³-hybridized carbons (Fsp3) is 0.333. The van der Waals surface area contributed by atoms with Gasteiger partial charge in [0, 0.05) is 17.7 Å². The summed E-state index contributed by atoms with van der Waals surface area (Å²) in [5.74, 6) is -0.997. The maximum absolute atomic E-state index is 12.6. The minimum atomic E-state index is -0.972. The molecule has 1 saturated heterocycles. The van der Waals surface area contributed by atoms with E-state index < -0.39 is 18.1 Å². The Morgan fingerprint density at radius 3 is 2.26 bits per heavy atom. The number of carboxylic acid groups (broad SMARTS) is 1. The number of amides is 1. The number of rotatable bonds is 4. The zero-order chi connectivity index (χ0) is 19.0. The van der Waals surface area contributed by atoms with E-state index in [1.54, 1.807) is 11.8 Å². The monoisotopic (exact) mass is 383 g/mol. The van der Waals surface area contributed by atoms with Crippen molar-refractivity contribution >= 4 is 23.8 Å². The van der Waals surface area contributed by atoms with Crippen molar-refractivity contribution in [1.82, 2.24) is 4.90 Å². The number of fused-ring (bicyclic) bond motifs is 3. The summed E-state index contributed by atoms with van der Waals surface area (Å²) in [6.45, 7) is 0.619. The van der Waals surface area contributed by atoms with Gasteiger partial charge in [-0.25, -0.2) is 9.59 Å². The molecule has 0 bridgehead atoms. The molecule has 4 rings (SSSR count). The Kier molecular flexibility index (Phi) is 4.83. The summed E-state index contributed by atoms with van der Waals surface area (Å²) in [5, 5.41) is 9.56. The highest BCUT2D eigenvalue weighted by Gasteiger charge is 2.40. The van der Waals surface area contributed by atoms with E-state index in [0.717, 1.165) is 11.1 Å². The molecule has 5 nitrogen and oxygen atoms in total. The van der Waals surface area contributed by atoms with Crippen LogP contribution in [0.25, 0.3) is 11.1 Å². The third kappa shape index (κ3) is 3.18. The first-order chi connectivity index (χ1) is 13.1. The van der Waals surface area contributed by atoms with Crippen LogP contribution in [0.2, 0.25) is 0 Å². The zero-order valence-corrected chi connectivity index (χ0v) is 15.8. The second kappa shape index (κ2) is 7.27. The lowest BCUT2D eigenvalue weighted by Gasteiger charge is -2.22. The largest absolute Gasteiger partial charge is 0.480 e. The van der Waals surface area contributed by atoms with E-state index in [1.165, 1.54) is 16.0 Å². The van der Waals surface area contributed by atoms with Gasteiger partial charge in [-0.2, -0.15) is 11.8 Å². The van der Waals surface area contributed by atoms with Crippen LogP contribution >= 0.6 is 11.8 Å². The molecule has 0 aromatic heterocycles. The van der Waals surface area contributed by atoms with Crippen LogP contribution < -0.4 is 0 Å². The number of hydrogen-bond acceptors (Lipinski definition) is 4. The molecule has 2 aliphatic rings. The zero-order valence-electron chi connectivity index (χ0n) is 15.0. The predicted octanol–water partition coefficient (Wildman–Crippen LogP) is 3.83. The van der Waals surface area contributed by atoms with E-state index in [9.17, 15) is 14.7 Å². The first-order valence-electron chi connectivity index (χ1n) is 8.97. The second-order valence-electron chi connectivity index (χ2n) is 6.90. The van der Waals surface area contributed by atoms with Crippen LogP contribution in [-0.4, -0.2) is 52.8 Å². The van der Waals surface area contributed by atoms with Crippen molar-refractivity contribution in [3.8, 4) is 11.1 Å². The third-order valence-corrected chi connectivity index (χ3v) is 6.46. The fourth-order valence-corrected chi connectivity index (χ4v) is 4.77. The molecule has 0 spiro atoms. The maximum Gasteiger partial charge on any atom is 0.410 e. The van der Waals surface area contributed by atoms with Crippen molar-refractivity contribution < 1.29 is 19.4 Å². The van der Waals surface area contributed by atoms with Crippen LogP contribution in [0, 0.1) is 0 Å². The van der Waals surface area contributed by atoms with Gasteiger partial charge in [-0.15, -0.1) is 0 Å². The molecule has 0 radical (unpaired) electrons.